The molecule has 3 aromatic rings. The minimum absolute atomic E-state index is 0.631. The third-order valence-corrected chi connectivity index (χ3v) is 3.39. The fourth-order valence-electron chi connectivity index (χ4n) is 2.26. The van der Waals surface area contributed by atoms with E-state index in [2.05, 4.69) is 28.6 Å². The van der Waals surface area contributed by atoms with Gasteiger partial charge in [0, 0.05) is 23.5 Å². The van der Waals surface area contributed by atoms with Gasteiger partial charge in [-0.15, -0.1) is 0 Å². The molecule has 1 aromatic heterocycles. The van der Waals surface area contributed by atoms with Crippen molar-refractivity contribution in [3.8, 4) is 0 Å². The Hall–Kier alpha value is -3.14. The van der Waals surface area contributed by atoms with Crippen LogP contribution in [0.5, 0.6) is 0 Å². The van der Waals surface area contributed by atoms with Gasteiger partial charge < -0.3 is 10.3 Å². The number of aliphatic imine (C=N–C) groups is 1. The molecule has 4 heteroatoms. The number of nitrogens with zero attached hydrogens (tertiary/aromatic N) is 1. The summed E-state index contributed by atoms with van der Waals surface area (Å²) in [5, 5.41) is 4.12. The Balaban J connectivity index is 0.000000167. The summed E-state index contributed by atoms with van der Waals surface area (Å²) in [5.41, 5.74) is 4.47. The van der Waals surface area contributed by atoms with Gasteiger partial charge in [-0.2, -0.15) is 0 Å². The van der Waals surface area contributed by atoms with Crippen molar-refractivity contribution < 1.29 is 4.79 Å². The molecule has 0 amide bonds. The topological polar surface area (TPSA) is 57.2 Å². The van der Waals surface area contributed by atoms with Crippen LogP contribution in [0, 0.1) is 0 Å². The highest BCUT2D eigenvalue weighted by Gasteiger charge is 2.01. The summed E-state index contributed by atoms with van der Waals surface area (Å²) in [6.45, 7) is 7.21. The van der Waals surface area contributed by atoms with Crippen LogP contribution in [0.3, 0.4) is 0 Å². The second kappa shape index (κ2) is 7.75. The van der Waals surface area contributed by atoms with Gasteiger partial charge in [0.15, 0.2) is 6.29 Å². The first-order valence-electron chi connectivity index (χ1n) is 7.16. The lowest BCUT2D eigenvalue weighted by Crippen LogP contribution is -1.89. The standard InChI is InChI=1S/C10H12N2.C9H7NO/c1-4-8-6-5-7-9(11-2)10(8)12-3;11-6-8-5-7-3-1-2-4-9(7)10-8/h4-7,11H,1,3H2,2H3;1-6,10H. The van der Waals surface area contributed by atoms with E-state index in [1.165, 1.54) is 0 Å². The molecule has 0 radical (unpaired) electrons. The fraction of sp³-hybridized carbons (Fsp3) is 0.0526. The van der Waals surface area contributed by atoms with Crippen LogP contribution in [-0.4, -0.2) is 25.0 Å². The Kier molecular flexibility index (Phi) is 5.47. The maximum absolute atomic E-state index is 10.3. The second-order valence-electron chi connectivity index (χ2n) is 4.79. The molecule has 0 unspecified atom stereocenters. The van der Waals surface area contributed by atoms with E-state index in [1.54, 1.807) is 6.08 Å². The Morgan fingerprint density at radius 2 is 1.96 bits per heavy atom. The first-order valence-corrected chi connectivity index (χ1v) is 7.16. The van der Waals surface area contributed by atoms with Crippen molar-refractivity contribution in [2.24, 2.45) is 4.99 Å². The maximum atomic E-state index is 10.3. The normalized spacial score (nSPS) is 9.61. The molecule has 0 bridgehead atoms. The van der Waals surface area contributed by atoms with E-state index in [0.29, 0.717) is 5.69 Å². The van der Waals surface area contributed by atoms with Crippen molar-refractivity contribution in [3.63, 3.8) is 0 Å². The van der Waals surface area contributed by atoms with Crippen LogP contribution in [0.1, 0.15) is 16.1 Å². The SMILES string of the molecule is C=Cc1cccc(NC)c1N=C.O=Cc1cc2ccccc2[nH]1. The number of hydrogen-bond acceptors (Lipinski definition) is 3. The van der Waals surface area contributed by atoms with Gasteiger partial charge in [0.05, 0.1) is 17.1 Å². The number of H-pyrrole nitrogens is 1. The second-order valence-corrected chi connectivity index (χ2v) is 4.79. The molecule has 1 heterocycles. The molecule has 0 fully saturated rings. The number of aromatic nitrogens is 1. The van der Waals surface area contributed by atoms with Gasteiger partial charge in [-0.05, 0) is 24.9 Å². The number of aldehydes is 1. The lowest BCUT2D eigenvalue weighted by Gasteiger charge is -2.06. The number of rotatable bonds is 4. The highest BCUT2D eigenvalue weighted by atomic mass is 16.1. The molecule has 0 aliphatic heterocycles. The number of carbonyl (C=O) groups excluding carboxylic acids is 1. The molecule has 0 aliphatic carbocycles. The van der Waals surface area contributed by atoms with Crippen molar-refractivity contribution in [2.75, 3.05) is 12.4 Å². The van der Waals surface area contributed by atoms with Gasteiger partial charge in [-0.3, -0.25) is 9.79 Å². The van der Waals surface area contributed by atoms with Crippen molar-refractivity contribution in [3.05, 3.63) is 66.4 Å². The molecule has 23 heavy (non-hydrogen) atoms. The zero-order valence-electron chi connectivity index (χ0n) is 13.0. The number of carbonyl (C=O) groups is 1. The fourth-order valence-corrected chi connectivity index (χ4v) is 2.26. The van der Waals surface area contributed by atoms with Crippen molar-refractivity contribution in [1.29, 1.82) is 0 Å². The predicted molar refractivity (Wildman–Crippen MR) is 99.0 cm³/mol. The summed E-state index contributed by atoms with van der Waals surface area (Å²) >= 11 is 0. The molecule has 0 saturated carbocycles. The number of hydrogen-bond donors (Lipinski definition) is 2. The molecular weight excluding hydrogens is 286 g/mol. The molecule has 0 aliphatic rings. The van der Waals surface area contributed by atoms with Crippen LogP contribution in [0.25, 0.3) is 17.0 Å². The monoisotopic (exact) mass is 305 g/mol. The van der Waals surface area contributed by atoms with Gasteiger partial charge >= 0.3 is 0 Å². The molecule has 3 rings (SSSR count). The Morgan fingerprint density at radius 1 is 1.17 bits per heavy atom. The summed E-state index contributed by atoms with van der Waals surface area (Å²) in [5.74, 6) is 0. The van der Waals surface area contributed by atoms with Crippen molar-refractivity contribution >= 4 is 41.4 Å². The zero-order valence-corrected chi connectivity index (χ0v) is 13.0. The van der Waals surface area contributed by atoms with Gasteiger partial charge in [-0.1, -0.05) is 43.0 Å². The predicted octanol–water partition coefficient (Wildman–Crippen LogP) is 4.68. The van der Waals surface area contributed by atoms with E-state index in [9.17, 15) is 4.79 Å². The van der Waals surface area contributed by atoms with E-state index < -0.39 is 0 Å². The lowest BCUT2D eigenvalue weighted by molar-refractivity contribution is 0.112. The van der Waals surface area contributed by atoms with Crippen LogP contribution in [-0.2, 0) is 0 Å². The smallest absolute Gasteiger partial charge is 0.166 e. The van der Waals surface area contributed by atoms with Gasteiger partial charge in [0.1, 0.15) is 0 Å². The van der Waals surface area contributed by atoms with Gasteiger partial charge in [0.25, 0.3) is 0 Å². The summed E-state index contributed by atoms with van der Waals surface area (Å²) in [6, 6.07) is 15.5. The van der Waals surface area contributed by atoms with E-state index in [1.807, 2.05) is 55.6 Å². The van der Waals surface area contributed by atoms with Crippen LogP contribution >= 0.6 is 0 Å². The highest BCUT2D eigenvalue weighted by molar-refractivity contribution is 5.87. The summed E-state index contributed by atoms with van der Waals surface area (Å²) in [4.78, 5) is 17.3. The number of para-hydroxylation sites is 2. The van der Waals surface area contributed by atoms with E-state index in [-0.39, 0.29) is 0 Å². The summed E-state index contributed by atoms with van der Waals surface area (Å²) < 4.78 is 0. The van der Waals surface area contributed by atoms with Gasteiger partial charge in [0.2, 0.25) is 0 Å². The molecule has 2 aromatic carbocycles. The van der Waals surface area contributed by atoms with E-state index in [0.717, 1.165) is 34.1 Å². The minimum Gasteiger partial charge on any atom is -0.386 e. The van der Waals surface area contributed by atoms with Crippen LogP contribution < -0.4 is 5.32 Å². The Bertz CT molecular complexity index is 801. The zero-order chi connectivity index (χ0) is 16.7. The van der Waals surface area contributed by atoms with Crippen molar-refractivity contribution in [2.45, 2.75) is 0 Å². The third-order valence-electron chi connectivity index (χ3n) is 3.39. The molecule has 2 N–H and O–H groups in total. The summed E-state index contributed by atoms with van der Waals surface area (Å²) in [6.07, 6.45) is 2.59. The average molecular weight is 305 g/mol. The molecule has 0 spiro atoms. The molecule has 0 saturated heterocycles. The first kappa shape index (κ1) is 16.2. The lowest BCUT2D eigenvalue weighted by atomic mass is 10.1. The number of fused-ring (bicyclic) bond motifs is 1. The van der Waals surface area contributed by atoms with E-state index >= 15 is 0 Å². The van der Waals surface area contributed by atoms with Crippen LogP contribution in [0.4, 0.5) is 11.4 Å². The van der Waals surface area contributed by atoms with Crippen molar-refractivity contribution in [1.82, 2.24) is 4.98 Å². The Morgan fingerprint density at radius 3 is 2.57 bits per heavy atom. The maximum Gasteiger partial charge on any atom is 0.166 e. The largest absolute Gasteiger partial charge is 0.386 e. The third kappa shape index (κ3) is 3.74. The molecule has 4 nitrogen and oxygen atoms in total. The number of aromatic amines is 1. The minimum atomic E-state index is 0.631. The first-order chi connectivity index (χ1) is 11.2. The molecule has 0 atom stereocenters. The summed E-state index contributed by atoms with van der Waals surface area (Å²) in [7, 11) is 1.86. The Labute approximate surface area is 135 Å². The molecule has 116 valence electrons. The molecular formula is C19H19N3O. The van der Waals surface area contributed by atoms with Crippen LogP contribution in [0.15, 0.2) is 60.1 Å². The van der Waals surface area contributed by atoms with E-state index in [4.69, 9.17) is 0 Å². The van der Waals surface area contributed by atoms with Crippen LogP contribution in [0.2, 0.25) is 0 Å². The average Bonchev–Trinajstić information content (AvgIpc) is 3.04. The number of nitrogens with one attached hydrogen (secondary N) is 2. The van der Waals surface area contributed by atoms with Gasteiger partial charge in [-0.25, -0.2) is 0 Å². The quantitative estimate of drug-likeness (QED) is 0.543. The number of anilines is 1. The highest BCUT2D eigenvalue weighted by Crippen LogP contribution is 2.28. The number of benzene rings is 2.